The monoisotopic (exact) mass is 382 g/mol. The van der Waals surface area contributed by atoms with Crippen molar-refractivity contribution in [3.05, 3.63) is 107 Å². The number of fused-ring (bicyclic) bond motifs is 3. The summed E-state index contributed by atoms with van der Waals surface area (Å²) in [5.41, 5.74) is 3.36. The summed E-state index contributed by atoms with van der Waals surface area (Å²) in [6.07, 6.45) is 0.756. The van der Waals surface area contributed by atoms with Crippen LogP contribution in [0.15, 0.2) is 78.9 Å². The molecule has 0 saturated carbocycles. The van der Waals surface area contributed by atoms with Gasteiger partial charge in [-0.1, -0.05) is 66.2 Å². The summed E-state index contributed by atoms with van der Waals surface area (Å²) in [6, 6.07) is 25.3. The van der Waals surface area contributed by atoms with E-state index < -0.39 is 5.66 Å². The Bertz CT molecular complexity index is 1090. The Morgan fingerprint density at radius 1 is 0.862 bits per heavy atom. The predicted molar refractivity (Wildman–Crippen MR) is 112 cm³/mol. The lowest BCUT2D eigenvalue weighted by Gasteiger charge is -2.51. The number of amides is 2. The first kappa shape index (κ1) is 17.7. The Balaban J connectivity index is 1.76. The van der Waals surface area contributed by atoms with Gasteiger partial charge in [-0.2, -0.15) is 0 Å². The maximum Gasteiger partial charge on any atom is 0.256 e. The first-order chi connectivity index (χ1) is 14.1. The summed E-state index contributed by atoms with van der Waals surface area (Å²) in [7, 11) is 0. The van der Waals surface area contributed by atoms with E-state index in [0.29, 0.717) is 24.2 Å². The third kappa shape index (κ3) is 2.45. The van der Waals surface area contributed by atoms with Crippen LogP contribution >= 0.6 is 0 Å². The maximum absolute atomic E-state index is 13.7. The molecule has 2 heterocycles. The quantitative estimate of drug-likeness (QED) is 0.667. The molecule has 0 aliphatic carbocycles. The number of nitrogens with zero attached hydrogens (tertiary/aromatic N) is 2. The van der Waals surface area contributed by atoms with Crippen LogP contribution in [0, 0.1) is 6.92 Å². The molecule has 0 unspecified atom stereocenters. The zero-order valence-electron chi connectivity index (χ0n) is 16.3. The SMILES string of the molecule is Cc1ccc(C(=O)N2CCCN3C(=O)c4ccccc4[C@]23c2ccccc2)cc1. The largest absolute Gasteiger partial charge is 0.307 e. The Hall–Kier alpha value is -3.40. The summed E-state index contributed by atoms with van der Waals surface area (Å²) in [6.45, 7) is 3.23. The maximum atomic E-state index is 13.7. The Labute approximate surface area is 170 Å². The predicted octanol–water partition coefficient (Wildman–Crippen LogP) is 4.20. The van der Waals surface area contributed by atoms with Gasteiger partial charge in [0.05, 0.1) is 0 Å². The molecule has 5 rings (SSSR count). The lowest BCUT2D eigenvalue weighted by atomic mass is 9.86. The highest BCUT2D eigenvalue weighted by molar-refractivity contribution is 6.03. The molecular formula is C25H22N2O2. The van der Waals surface area contributed by atoms with E-state index in [1.165, 1.54) is 0 Å². The lowest BCUT2D eigenvalue weighted by molar-refractivity contribution is -0.0248. The molecule has 2 aliphatic rings. The Kier molecular flexibility index (Phi) is 4.02. The number of carbonyl (C=O) groups excluding carboxylic acids is 2. The highest BCUT2D eigenvalue weighted by Crippen LogP contribution is 2.49. The average Bonchev–Trinajstić information content (AvgIpc) is 3.04. The molecule has 1 fully saturated rings. The van der Waals surface area contributed by atoms with Crippen molar-refractivity contribution in [2.75, 3.05) is 13.1 Å². The van der Waals surface area contributed by atoms with Gasteiger partial charge in [-0.25, -0.2) is 0 Å². The van der Waals surface area contributed by atoms with Gasteiger partial charge in [-0.05, 0) is 31.5 Å². The summed E-state index contributed by atoms with van der Waals surface area (Å²) in [4.78, 5) is 30.9. The fourth-order valence-electron chi connectivity index (χ4n) is 4.75. The van der Waals surface area contributed by atoms with E-state index in [1.54, 1.807) is 0 Å². The second-order valence-electron chi connectivity index (χ2n) is 7.72. The fourth-order valence-corrected chi connectivity index (χ4v) is 4.75. The minimum atomic E-state index is -0.908. The van der Waals surface area contributed by atoms with E-state index in [0.717, 1.165) is 23.1 Å². The third-order valence-corrected chi connectivity index (χ3v) is 6.04. The highest BCUT2D eigenvalue weighted by Gasteiger charge is 2.57. The zero-order valence-corrected chi connectivity index (χ0v) is 16.3. The highest BCUT2D eigenvalue weighted by atomic mass is 16.2. The van der Waals surface area contributed by atoms with Crippen molar-refractivity contribution < 1.29 is 9.59 Å². The third-order valence-electron chi connectivity index (χ3n) is 6.04. The topological polar surface area (TPSA) is 40.6 Å². The van der Waals surface area contributed by atoms with Gasteiger partial charge in [0, 0.05) is 35.3 Å². The molecule has 0 spiro atoms. The Morgan fingerprint density at radius 2 is 1.55 bits per heavy atom. The van der Waals surface area contributed by atoms with E-state index in [9.17, 15) is 9.59 Å². The van der Waals surface area contributed by atoms with E-state index in [2.05, 4.69) is 0 Å². The first-order valence-electron chi connectivity index (χ1n) is 9.99. The summed E-state index contributed by atoms with van der Waals surface area (Å²) >= 11 is 0. The number of aryl methyl sites for hydroxylation is 1. The molecule has 4 heteroatoms. The molecule has 144 valence electrons. The van der Waals surface area contributed by atoms with Crippen molar-refractivity contribution in [1.29, 1.82) is 0 Å². The van der Waals surface area contributed by atoms with Crippen LogP contribution in [0.3, 0.4) is 0 Å². The minimum absolute atomic E-state index is 0.00846. The van der Waals surface area contributed by atoms with Gasteiger partial charge < -0.3 is 9.80 Å². The van der Waals surface area contributed by atoms with E-state index in [-0.39, 0.29) is 11.8 Å². The summed E-state index contributed by atoms with van der Waals surface area (Å²) in [5.74, 6) is -0.0612. The van der Waals surface area contributed by atoms with Crippen molar-refractivity contribution in [2.45, 2.75) is 19.0 Å². The van der Waals surface area contributed by atoms with Crippen LogP contribution in [-0.2, 0) is 5.66 Å². The standard InChI is InChI=1S/C25H22N2O2/c1-18-12-14-19(15-13-18)23(28)26-16-7-17-27-24(29)21-10-5-6-11-22(21)25(26,27)20-8-3-2-4-9-20/h2-6,8-15H,7,16-17H2,1H3/t25-/m1/s1. The van der Waals surface area contributed by atoms with E-state index >= 15 is 0 Å². The van der Waals surface area contributed by atoms with Crippen molar-refractivity contribution in [1.82, 2.24) is 9.80 Å². The van der Waals surface area contributed by atoms with Gasteiger partial charge >= 0.3 is 0 Å². The van der Waals surface area contributed by atoms with Crippen molar-refractivity contribution in [3.63, 3.8) is 0 Å². The normalized spacial score (nSPS) is 20.4. The summed E-state index contributed by atoms with van der Waals surface area (Å²) in [5, 5.41) is 0. The molecule has 0 aromatic heterocycles. The van der Waals surface area contributed by atoms with Crippen LogP contribution in [0.1, 0.15) is 43.8 Å². The molecule has 1 saturated heterocycles. The molecule has 29 heavy (non-hydrogen) atoms. The number of benzene rings is 3. The minimum Gasteiger partial charge on any atom is -0.307 e. The number of carbonyl (C=O) groups is 2. The van der Waals surface area contributed by atoms with Crippen molar-refractivity contribution in [2.24, 2.45) is 0 Å². The molecular weight excluding hydrogens is 360 g/mol. The second-order valence-corrected chi connectivity index (χ2v) is 7.72. The van der Waals surface area contributed by atoms with Crippen LogP contribution in [-0.4, -0.2) is 34.7 Å². The smallest absolute Gasteiger partial charge is 0.256 e. The van der Waals surface area contributed by atoms with Crippen LogP contribution in [0.5, 0.6) is 0 Å². The number of hydrogen-bond donors (Lipinski definition) is 0. The summed E-state index contributed by atoms with van der Waals surface area (Å²) < 4.78 is 0. The van der Waals surface area contributed by atoms with Crippen molar-refractivity contribution in [3.8, 4) is 0 Å². The molecule has 1 atom stereocenters. The van der Waals surface area contributed by atoms with Crippen molar-refractivity contribution >= 4 is 11.8 Å². The molecule has 0 bridgehead atoms. The van der Waals surface area contributed by atoms with Gasteiger partial charge in [0.15, 0.2) is 5.66 Å². The van der Waals surface area contributed by atoms with E-state index in [4.69, 9.17) is 0 Å². The van der Waals surface area contributed by atoms with Gasteiger partial charge in [-0.15, -0.1) is 0 Å². The second kappa shape index (κ2) is 6.59. The first-order valence-corrected chi connectivity index (χ1v) is 9.99. The van der Waals surface area contributed by atoms with Crippen LogP contribution in [0.2, 0.25) is 0 Å². The Morgan fingerprint density at radius 3 is 2.31 bits per heavy atom. The van der Waals surface area contributed by atoms with Crippen LogP contribution < -0.4 is 0 Å². The molecule has 0 N–H and O–H groups in total. The average molecular weight is 382 g/mol. The van der Waals surface area contributed by atoms with Gasteiger partial charge in [0.2, 0.25) is 0 Å². The number of hydrogen-bond acceptors (Lipinski definition) is 2. The molecule has 4 nitrogen and oxygen atoms in total. The number of rotatable bonds is 2. The zero-order chi connectivity index (χ0) is 20.0. The van der Waals surface area contributed by atoms with Gasteiger partial charge in [-0.3, -0.25) is 9.59 Å². The van der Waals surface area contributed by atoms with Gasteiger partial charge in [0.1, 0.15) is 0 Å². The van der Waals surface area contributed by atoms with Gasteiger partial charge in [0.25, 0.3) is 11.8 Å². The molecule has 3 aromatic carbocycles. The van der Waals surface area contributed by atoms with Crippen LogP contribution in [0.25, 0.3) is 0 Å². The molecule has 0 radical (unpaired) electrons. The molecule has 2 aliphatic heterocycles. The lowest BCUT2D eigenvalue weighted by Crippen LogP contribution is -2.62. The fraction of sp³-hybridized carbons (Fsp3) is 0.200. The molecule has 2 amide bonds. The van der Waals surface area contributed by atoms with E-state index in [1.807, 2.05) is 95.6 Å². The van der Waals surface area contributed by atoms with Crippen LogP contribution in [0.4, 0.5) is 0 Å². The molecule has 3 aromatic rings.